The third-order valence-corrected chi connectivity index (χ3v) is 3.45. The van der Waals surface area contributed by atoms with Crippen LogP contribution in [0.4, 0.5) is 0 Å². The van der Waals surface area contributed by atoms with E-state index in [0.29, 0.717) is 18.0 Å². The van der Waals surface area contributed by atoms with Crippen molar-refractivity contribution >= 4 is 5.96 Å². The monoisotopic (exact) mass is 254 g/mol. The standard InChI is InChI=1S/C14H30N4/c1-11-8-6-7-9-18(11)12(2)10-16-13(15)17-14(3,4)5/h11-12H,6-10H2,1-5H3,(H3,15,16,17). The van der Waals surface area contributed by atoms with Gasteiger partial charge in [0.1, 0.15) is 0 Å². The molecule has 1 rings (SSSR count). The molecule has 1 heterocycles. The Labute approximate surface area is 112 Å². The summed E-state index contributed by atoms with van der Waals surface area (Å²) in [5, 5.41) is 3.20. The summed E-state index contributed by atoms with van der Waals surface area (Å²) >= 11 is 0. The summed E-state index contributed by atoms with van der Waals surface area (Å²) in [6.07, 6.45) is 3.99. The van der Waals surface area contributed by atoms with Gasteiger partial charge in [0, 0.05) is 17.6 Å². The van der Waals surface area contributed by atoms with Gasteiger partial charge in [0.25, 0.3) is 0 Å². The number of likely N-dealkylation sites (tertiary alicyclic amines) is 1. The average molecular weight is 254 g/mol. The van der Waals surface area contributed by atoms with Crippen LogP contribution in [0.1, 0.15) is 53.9 Å². The SMILES string of the molecule is CC1CCCCN1C(C)CN=C(N)NC(C)(C)C. The van der Waals surface area contributed by atoms with Crippen molar-refractivity contribution in [2.75, 3.05) is 13.1 Å². The van der Waals surface area contributed by atoms with Gasteiger partial charge in [-0.25, -0.2) is 0 Å². The maximum atomic E-state index is 5.89. The first-order chi connectivity index (χ1) is 8.29. The van der Waals surface area contributed by atoms with E-state index < -0.39 is 0 Å². The topological polar surface area (TPSA) is 53.6 Å². The quantitative estimate of drug-likeness (QED) is 0.598. The molecule has 0 spiro atoms. The Morgan fingerprint density at radius 1 is 1.44 bits per heavy atom. The van der Waals surface area contributed by atoms with E-state index >= 15 is 0 Å². The van der Waals surface area contributed by atoms with Crippen LogP contribution in [-0.4, -0.2) is 41.6 Å². The van der Waals surface area contributed by atoms with E-state index in [1.807, 2.05) is 0 Å². The fourth-order valence-electron chi connectivity index (χ4n) is 2.53. The molecule has 1 aliphatic heterocycles. The van der Waals surface area contributed by atoms with Gasteiger partial charge >= 0.3 is 0 Å². The molecule has 0 bridgehead atoms. The van der Waals surface area contributed by atoms with Crippen molar-refractivity contribution in [1.29, 1.82) is 0 Å². The minimum absolute atomic E-state index is 0.0186. The summed E-state index contributed by atoms with van der Waals surface area (Å²) < 4.78 is 0. The number of nitrogens with one attached hydrogen (secondary N) is 1. The normalized spacial score (nSPS) is 24.9. The van der Waals surface area contributed by atoms with Gasteiger partial charge in [0.05, 0.1) is 6.54 Å². The molecule has 4 heteroatoms. The van der Waals surface area contributed by atoms with Crippen LogP contribution in [0, 0.1) is 0 Å². The number of nitrogens with zero attached hydrogens (tertiary/aromatic N) is 2. The largest absolute Gasteiger partial charge is 0.370 e. The molecule has 1 fully saturated rings. The van der Waals surface area contributed by atoms with Crippen molar-refractivity contribution < 1.29 is 0 Å². The van der Waals surface area contributed by atoms with Gasteiger partial charge in [0.2, 0.25) is 0 Å². The average Bonchev–Trinajstić information content (AvgIpc) is 2.24. The molecular formula is C14H30N4. The fourth-order valence-corrected chi connectivity index (χ4v) is 2.53. The third-order valence-electron chi connectivity index (χ3n) is 3.45. The highest BCUT2D eigenvalue weighted by Gasteiger charge is 2.22. The predicted octanol–water partition coefficient (Wildman–Crippen LogP) is 1.95. The van der Waals surface area contributed by atoms with Crippen molar-refractivity contribution in [3.8, 4) is 0 Å². The molecule has 0 aromatic rings. The maximum Gasteiger partial charge on any atom is 0.189 e. The highest BCUT2D eigenvalue weighted by atomic mass is 15.2. The highest BCUT2D eigenvalue weighted by molar-refractivity contribution is 5.78. The molecule has 0 amide bonds. The Morgan fingerprint density at radius 3 is 2.67 bits per heavy atom. The smallest absolute Gasteiger partial charge is 0.189 e. The second-order valence-corrected chi connectivity index (χ2v) is 6.53. The van der Waals surface area contributed by atoms with Crippen molar-refractivity contribution in [2.24, 2.45) is 10.7 Å². The summed E-state index contributed by atoms with van der Waals surface area (Å²) in [6.45, 7) is 12.8. The lowest BCUT2D eigenvalue weighted by molar-refractivity contribution is 0.118. The molecule has 3 N–H and O–H groups in total. The zero-order valence-electron chi connectivity index (χ0n) is 12.7. The van der Waals surface area contributed by atoms with E-state index in [-0.39, 0.29) is 5.54 Å². The highest BCUT2D eigenvalue weighted by Crippen LogP contribution is 2.19. The first-order valence-corrected chi connectivity index (χ1v) is 7.13. The molecule has 1 saturated heterocycles. The first kappa shape index (κ1) is 15.3. The zero-order valence-corrected chi connectivity index (χ0v) is 12.7. The summed E-state index contributed by atoms with van der Waals surface area (Å²) in [5.74, 6) is 0.555. The molecule has 0 aromatic carbocycles. The van der Waals surface area contributed by atoms with E-state index in [1.165, 1.54) is 25.8 Å². The number of guanidine groups is 1. The second kappa shape index (κ2) is 6.41. The van der Waals surface area contributed by atoms with Crippen molar-refractivity contribution in [2.45, 2.75) is 71.5 Å². The van der Waals surface area contributed by atoms with Gasteiger partial charge in [-0.05, 0) is 54.0 Å². The van der Waals surface area contributed by atoms with Crippen LogP contribution >= 0.6 is 0 Å². The second-order valence-electron chi connectivity index (χ2n) is 6.53. The van der Waals surface area contributed by atoms with E-state index in [4.69, 9.17) is 5.73 Å². The van der Waals surface area contributed by atoms with Crippen LogP contribution in [0.5, 0.6) is 0 Å². The summed E-state index contributed by atoms with van der Waals surface area (Å²) in [6, 6.07) is 1.15. The number of aliphatic imine (C=N–C) groups is 1. The summed E-state index contributed by atoms with van der Waals surface area (Å²) in [4.78, 5) is 7.01. The molecule has 0 radical (unpaired) electrons. The van der Waals surface area contributed by atoms with Gasteiger partial charge in [-0.15, -0.1) is 0 Å². The predicted molar refractivity (Wildman–Crippen MR) is 78.9 cm³/mol. The Kier molecular flexibility index (Phi) is 5.45. The van der Waals surface area contributed by atoms with E-state index in [2.05, 4.69) is 49.8 Å². The van der Waals surface area contributed by atoms with Crippen LogP contribution in [0.2, 0.25) is 0 Å². The minimum atomic E-state index is -0.0186. The van der Waals surface area contributed by atoms with Crippen LogP contribution in [0.15, 0.2) is 4.99 Å². The van der Waals surface area contributed by atoms with E-state index in [1.54, 1.807) is 0 Å². The molecular weight excluding hydrogens is 224 g/mol. The Hall–Kier alpha value is -0.770. The molecule has 4 nitrogen and oxygen atoms in total. The van der Waals surface area contributed by atoms with Crippen LogP contribution in [-0.2, 0) is 0 Å². The van der Waals surface area contributed by atoms with Crippen LogP contribution < -0.4 is 11.1 Å². The fraction of sp³-hybridized carbons (Fsp3) is 0.929. The lowest BCUT2D eigenvalue weighted by Gasteiger charge is -2.37. The van der Waals surface area contributed by atoms with Gasteiger partial charge in [-0.2, -0.15) is 0 Å². The Balaban J connectivity index is 2.44. The summed E-state index contributed by atoms with van der Waals surface area (Å²) in [7, 11) is 0. The van der Waals surface area contributed by atoms with E-state index in [0.717, 1.165) is 6.54 Å². The van der Waals surface area contributed by atoms with Gasteiger partial charge < -0.3 is 11.1 Å². The van der Waals surface area contributed by atoms with Gasteiger partial charge in [-0.3, -0.25) is 9.89 Å². The number of piperidine rings is 1. The van der Waals surface area contributed by atoms with Gasteiger partial charge in [0.15, 0.2) is 5.96 Å². The van der Waals surface area contributed by atoms with Crippen molar-refractivity contribution in [3.63, 3.8) is 0 Å². The molecule has 0 aromatic heterocycles. The molecule has 0 saturated carbocycles. The van der Waals surface area contributed by atoms with Crippen molar-refractivity contribution in [3.05, 3.63) is 0 Å². The van der Waals surface area contributed by atoms with Crippen LogP contribution in [0.25, 0.3) is 0 Å². The molecule has 0 aliphatic carbocycles. The number of nitrogens with two attached hydrogens (primary N) is 1. The first-order valence-electron chi connectivity index (χ1n) is 7.13. The Morgan fingerprint density at radius 2 is 2.11 bits per heavy atom. The summed E-state index contributed by atoms with van der Waals surface area (Å²) in [5.41, 5.74) is 5.87. The number of hydrogen-bond donors (Lipinski definition) is 2. The zero-order chi connectivity index (χ0) is 13.8. The van der Waals surface area contributed by atoms with Crippen molar-refractivity contribution in [1.82, 2.24) is 10.2 Å². The molecule has 2 atom stereocenters. The molecule has 106 valence electrons. The lowest BCUT2D eigenvalue weighted by atomic mass is 10.0. The van der Waals surface area contributed by atoms with E-state index in [9.17, 15) is 0 Å². The number of rotatable bonds is 3. The van der Waals surface area contributed by atoms with Gasteiger partial charge in [-0.1, -0.05) is 6.42 Å². The third kappa shape index (κ3) is 5.25. The lowest BCUT2D eigenvalue weighted by Crippen LogP contribution is -2.47. The molecule has 2 unspecified atom stereocenters. The molecule has 18 heavy (non-hydrogen) atoms. The Bertz CT molecular complexity index is 280. The maximum absolute atomic E-state index is 5.89. The minimum Gasteiger partial charge on any atom is -0.370 e. The molecule has 1 aliphatic rings. The number of hydrogen-bond acceptors (Lipinski definition) is 2. The van der Waals surface area contributed by atoms with Crippen LogP contribution in [0.3, 0.4) is 0 Å².